The van der Waals surface area contributed by atoms with Gasteiger partial charge in [-0.15, -0.1) is 0 Å². The third-order valence-corrected chi connectivity index (χ3v) is 2.34. The summed E-state index contributed by atoms with van der Waals surface area (Å²) >= 11 is 0. The molecule has 66 valence electrons. The third-order valence-electron chi connectivity index (χ3n) is 2.34. The van der Waals surface area contributed by atoms with Crippen LogP contribution in [0.3, 0.4) is 0 Å². The molecule has 0 atom stereocenters. The quantitative estimate of drug-likeness (QED) is 0.559. The highest BCUT2D eigenvalue weighted by Gasteiger charge is 2.16. The third kappa shape index (κ3) is 0.951. The summed E-state index contributed by atoms with van der Waals surface area (Å²) < 4.78 is 0. The highest BCUT2D eigenvalue weighted by Crippen LogP contribution is 2.21. The number of aliphatic imine (C=N–C) groups is 1. The number of hydrogen-bond acceptors (Lipinski definition) is 2. The van der Waals surface area contributed by atoms with E-state index in [1.165, 1.54) is 11.1 Å². The number of hydrogen-bond donors (Lipinski definition) is 0. The Kier molecular flexibility index (Phi) is 1.43. The van der Waals surface area contributed by atoms with Crippen LogP contribution < -0.4 is 0 Å². The Morgan fingerprint density at radius 3 is 3.14 bits per heavy atom. The van der Waals surface area contributed by atoms with Gasteiger partial charge in [0.25, 0.3) is 0 Å². The predicted octanol–water partition coefficient (Wildman–Crippen LogP) is 2.36. The SMILES string of the molecule is C1=CN=C2c3ccccc3C=CN2C=1. The monoisotopic (exact) mass is 180 g/mol. The van der Waals surface area contributed by atoms with E-state index in [4.69, 9.17) is 0 Å². The van der Waals surface area contributed by atoms with Crippen molar-refractivity contribution in [2.45, 2.75) is 0 Å². The standard InChI is InChI=1S/C12H8N2/c1-2-5-11-10(4-1)6-9-14-8-3-7-13-12(11)14/h1-2,4-9H. The molecular formula is C12H8N2. The Bertz CT molecular complexity index is 503. The summed E-state index contributed by atoms with van der Waals surface area (Å²) in [5.74, 6) is 0.974. The summed E-state index contributed by atoms with van der Waals surface area (Å²) in [5, 5.41) is 0. The fourth-order valence-corrected chi connectivity index (χ4v) is 1.67. The van der Waals surface area contributed by atoms with E-state index in [2.05, 4.69) is 28.9 Å². The lowest BCUT2D eigenvalue weighted by Crippen LogP contribution is -2.25. The van der Waals surface area contributed by atoms with Crippen molar-refractivity contribution in [1.82, 2.24) is 4.90 Å². The maximum absolute atomic E-state index is 4.32. The number of rotatable bonds is 0. The average Bonchev–Trinajstić information content (AvgIpc) is 2.29. The highest BCUT2D eigenvalue weighted by atomic mass is 15.2. The Morgan fingerprint density at radius 2 is 2.14 bits per heavy atom. The van der Waals surface area contributed by atoms with Crippen LogP contribution in [0, 0.1) is 0 Å². The van der Waals surface area contributed by atoms with E-state index in [0.717, 1.165) is 5.84 Å². The first kappa shape index (κ1) is 7.36. The zero-order valence-corrected chi connectivity index (χ0v) is 7.51. The van der Waals surface area contributed by atoms with Gasteiger partial charge >= 0.3 is 0 Å². The van der Waals surface area contributed by atoms with Crippen LogP contribution in [0.25, 0.3) is 6.08 Å². The molecule has 0 saturated carbocycles. The van der Waals surface area contributed by atoms with Crippen molar-refractivity contribution in [3.05, 3.63) is 59.7 Å². The van der Waals surface area contributed by atoms with Crippen molar-refractivity contribution in [2.75, 3.05) is 0 Å². The van der Waals surface area contributed by atoms with Gasteiger partial charge in [-0.1, -0.05) is 30.0 Å². The molecule has 0 bridgehead atoms. The number of fused-ring (bicyclic) bond motifs is 3. The molecule has 1 aromatic rings. The van der Waals surface area contributed by atoms with Gasteiger partial charge in [-0.3, -0.25) is 0 Å². The van der Waals surface area contributed by atoms with Crippen LogP contribution in [0.4, 0.5) is 0 Å². The van der Waals surface area contributed by atoms with Crippen molar-refractivity contribution in [2.24, 2.45) is 4.99 Å². The van der Waals surface area contributed by atoms with Crippen LogP contribution in [-0.4, -0.2) is 10.7 Å². The normalized spacial score (nSPS) is 16.3. The van der Waals surface area contributed by atoms with Crippen LogP contribution in [0.15, 0.2) is 53.6 Å². The maximum atomic E-state index is 4.32. The highest BCUT2D eigenvalue weighted by molar-refractivity contribution is 6.05. The molecule has 0 unspecified atom stereocenters. The van der Waals surface area contributed by atoms with Gasteiger partial charge in [-0.2, -0.15) is 0 Å². The molecule has 0 amide bonds. The van der Waals surface area contributed by atoms with Gasteiger partial charge in [0, 0.05) is 11.8 Å². The molecule has 0 aromatic heterocycles. The topological polar surface area (TPSA) is 15.6 Å². The van der Waals surface area contributed by atoms with Gasteiger partial charge in [0.1, 0.15) is 5.84 Å². The minimum absolute atomic E-state index is 0.974. The van der Waals surface area contributed by atoms with Gasteiger partial charge < -0.3 is 4.90 Å². The van der Waals surface area contributed by atoms with Gasteiger partial charge in [0.2, 0.25) is 0 Å². The van der Waals surface area contributed by atoms with Crippen molar-refractivity contribution < 1.29 is 0 Å². The Balaban J connectivity index is 2.25. The summed E-state index contributed by atoms with van der Waals surface area (Å²) in [7, 11) is 0. The summed E-state index contributed by atoms with van der Waals surface area (Å²) in [6.07, 6.45) is 7.66. The molecule has 0 spiro atoms. The van der Waals surface area contributed by atoms with E-state index in [1.807, 2.05) is 29.4 Å². The zero-order chi connectivity index (χ0) is 9.38. The van der Waals surface area contributed by atoms with Crippen LogP contribution in [0.2, 0.25) is 0 Å². The van der Waals surface area contributed by atoms with Crippen molar-refractivity contribution in [1.29, 1.82) is 0 Å². The first-order chi connectivity index (χ1) is 6.95. The second kappa shape index (κ2) is 2.72. The molecule has 0 radical (unpaired) electrons. The summed E-state index contributed by atoms with van der Waals surface area (Å²) in [4.78, 5) is 6.29. The van der Waals surface area contributed by atoms with Crippen molar-refractivity contribution >= 4 is 11.9 Å². The fraction of sp³-hybridized carbons (Fsp3) is 0. The zero-order valence-electron chi connectivity index (χ0n) is 7.51. The molecule has 2 aliphatic heterocycles. The van der Waals surface area contributed by atoms with Crippen molar-refractivity contribution in [3.63, 3.8) is 0 Å². The van der Waals surface area contributed by atoms with Crippen LogP contribution >= 0.6 is 0 Å². The molecule has 2 aliphatic rings. The van der Waals surface area contributed by atoms with Crippen LogP contribution in [0.5, 0.6) is 0 Å². The minimum atomic E-state index is 0.974. The van der Waals surface area contributed by atoms with Gasteiger partial charge in [0.05, 0.1) is 12.4 Å². The first-order valence-electron chi connectivity index (χ1n) is 4.50. The van der Waals surface area contributed by atoms with E-state index in [1.54, 1.807) is 6.20 Å². The molecule has 3 rings (SSSR count). The van der Waals surface area contributed by atoms with Gasteiger partial charge in [-0.05, 0) is 11.6 Å². The molecule has 1 aromatic carbocycles. The molecular weight excluding hydrogens is 172 g/mol. The molecule has 2 nitrogen and oxygen atoms in total. The lowest BCUT2D eigenvalue weighted by molar-refractivity contribution is 0.754. The Hall–Kier alpha value is -2.05. The van der Waals surface area contributed by atoms with E-state index in [0.29, 0.717) is 0 Å². The molecule has 0 saturated heterocycles. The largest absolute Gasteiger partial charge is 0.301 e. The minimum Gasteiger partial charge on any atom is -0.301 e. The Morgan fingerprint density at radius 1 is 1.21 bits per heavy atom. The first-order valence-corrected chi connectivity index (χ1v) is 4.50. The maximum Gasteiger partial charge on any atom is 0.145 e. The smallest absolute Gasteiger partial charge is 0.145 e. The second-order valence-electron chi connectivity index (χ2n) is 3.19. The molecule has 0 fully saturated rings. The van der Waals surface area contributed by atoms with Gasteiger partial charge in [-0.25, -0.2) is 4.99 Å². The van der Waals surface area contributed by atoms with E-state index in [9.17, 15) is 0 Å². The van der Waals surface area contributed by atoms with E-state index in [-0.39, 0.29) is 0 Å². The molecule has 2 heteroatoms. The number of amidine groups is 1. The predicted molar refractivity (Wildman–Crippen MR) is 56.5 cm³/mol. The fourth-order valence-electron chi connectivity index (χ4n) is 1.67. The van der Waals surface area contributed by atoms with Crippen LogP contribution in [-0.2, 0) is 0 Å². The summed E-state index contributed by atoms with van der Waals surface area (Å²) in [5.41, 5.74) is 5.34. The van der Waals surface area contributed by atoms with Gasteiger partial charge in [0.15, 0.2) is 0 Å². The lowest BCUT2D eigenvalue weighted by Gasteiger charge is -2.23. The average molecular weight is 180 g/mol. The van der Waals surface area contributed by atoms with E-state index < -0.39 is 0 Å². The molecule has 0 aliphatic carbocycles. The summed E-state index contributed by atoms with van der Waals surface area (Å²) in [6, 6.07) is 8.24. The molecule has 0 N–H and O–H groups in total. The van der Waals surface area contributed by atoms with Crippen LogP contribution in [0.1, 0.15) is 11.1 Å². The number of nitrogens with zero attached hydrogens (tertiary/aromatic N) is 2. The number of benzene rings is 1. The lowest BCUT2D eigenvalue weighted by atomic mass is 10.0. The molecule has 2 heterocycles. The summed E-state index contributed by atoms with van der Waals surface area (Å²) in [6.45, 7) is 0. The van der Waals surface area contributed by atoms with Crippen molar-refractivity contribution in [3.8, 4) is 0 Å². The second-order valence-corrected chi connectivity index (χ2v) is 3.19. The van der Waals surface area contributed by atoms with E-state index >= 15 is 0 Å². The molecule has 14 heavy (non-hydrogen) atoms. The Labute approximate surface area is 82.2 Å².